The molecule has 2 aromatic heterocycles. The first-order valence-corrected chi connectivity index (χ1v) is 7.70. The summed E-state index contributed by atoms with van der Waals surface area (Å²) in [6, 6.07) is 4.94. The lowest BCUT2D eigenvalue weighted by molar-refractivity contribution is -0.144. The maximum atomic E-state index is 12.9. The van der Waals surface area contributed by atoms with Gasteiger partial charge in [0.1, 0.15) is 5.39 Å². The fourth-order valence-electron chi connectivity index (χ4n) is 2.31. The van der Waals surface area contributed by atoms with Crippen LogP contribution in [0.2, 0.25) is 0 Å². The third kappa shape index (κ3) is 3.54. The minimum Gasteiger partial charge on any atom is -0.302 e. The lowest BCUT2D eigenvalue weighted by atomic mass is 10.3. The molecule has 138 valence electrons. The van der Waals surface area contributed by atoms with E-state index in [0.29, 0.717) is 0 Å². The summed E-state index contributed by atoms with van der Waals surface area (Å²) in [5.74, 6) is -1.52. The summed E-state index contributed by atoms with van der Waals surface area (Å²) in [6.07, 6.45) is -4.90. The fourth-order valence-corrected chi connectivity index (χ4v) is 2.91. The third-order valence-corrected chi connectivity index (χ3v) is 4.00. The van der Waals surface area contributed by atoms with Crippen LogP contribution in [0.4, 0.5) is 26.3 Å². The van der Waals surface area contributed by atoms with Gasteiger partial charge >= 0.3 is 11.7 Å². The Kier molecular flexibility index (Phi) is 4.25. The van der Waals surface area contributed by atoms with E-state index in [4.69, 9.17) is 0 Å². The second-order valence-electron chi connectivity index (χ2n) is 5.15. The first-order valence-electron chi connectivity index (χ1n) is 6.89. The van der Waals surface area contributed by atoms with Crippen molar-refractivity contribution in [3.8, 4) is 5.69 Å². The van der Waals surface area contributed by atoms with Crippen molar-refractivity contribution in [2.45, 2.75) is 23.5 Å². The van der Waals surface area contributed by atoms with Gasteiger partial charge in [-0.25, -0.2) is 9.67 Å². The Morgan fingerprint density at radius 2 is 1.85 bits per heavy atom. The molecule has 0 bridgehead atoms. The molecule has 0 unspecified atom stereocenters. The van der Waals surface area contributed by atoms with Gasteiger partial charge in [0.05, 0.1) is 11.4 Å². The predicted octanol–water partition coefficient (Wildman–Crippen LogP) is 4.05. The van der Waals surface area contributed by atoms with Gasteiger partial charge in [0.2, 0.25) is 5.82 Å². The molecule has 0 aliphatic heterocycles. The Labute approximate surface area is 145 Å². The van der Waals surface area contributed by atoms with Crippen molar-refractivity contribution in [3.05, 3.63) is 46.1 Å². The van der Waals surface area contributed by atoms with Gasteiger partial charge in [0, 0.05) is 4.90 Å². The van der Waals surface area contributed by atoms with Crippen LogP contribution in [0.3, 0.4) is 0 Å². The molecule has 26 heavy (non-hydrogen) atoms. The normalized spacial score (nSPS) is 12.7. The number of alkyl halides is 6. The van der Waals surface area contributed by atoms with Crippen molar-refractivity contribution < 1.29 is 26.3 Å². The van der Waals surface area contributed by atoms with Crippen molar-refractivity contribution >= 4 is 22.8 Å². The number of nitrogens with one attached hydrogen (secondary N) is 1. The van der Waals surface area contributed by atoms with Gasteiger partial charge < -0.3 is 4.98 Å². The van der Waals surface area contributed by atoms with E-state index >= 15 is 0 Å². The monoisotopic (exact) mass is 394 g/mol. The lowest BCUT2D eigenvalue weighted by Gasteiger charge is -2.09. The van der Waals surface area contributed by atoms with Crippen LogP contribution in [0.15, 0.2) is 34.0 Å². The lowest BCUT2D eigenvalue weighted by Crippen LogP contribution is -2.19. The second kappa shape index (κ2) is 6.04. The summed E-state index contributed by atoms with van der Waals surface area (Å²) in [7, 11) is 0. The van der Waals surface area contributed by atoms with E-state index in [1.54, 1.807) is 4.98 Å². The highest BCUT2D eigenvalue weighted by atomic mass is 32.2. The summed E-state index contributed by atoms with van der Waals surface area (Å²) < 4.78 is 77.2. The number of H-pyrrole nitrogens is 1. The maximum Gasteiger partial charge on any atom is 0.449 e. The molecular weight excluding hydrogens is 386 g/mol. The number of aromatic nitrogens is 4. The van der Waals surface area contributed by atoms with Crippen molar-refractivity contribution in [1.82, 2.24) is 19.7 Å². The molecule has 0 aliphatic rings. The van der Waals surface area contributed by atoms with Gasteiger partial charge in [0.15, 0.2) is 5.65 Å². The molecule has 1 N–H and O–H groups in total. The highest BCUT2D eigenvalue weighted by Gasteiger charge is 2.35. The van der Waals surface area contributed by atoms with Crippen LogP contribution < -0.4 is 5.56 Å². The molecule has 3 aromatic rings. The number of halogens is 6. The number of aryl methyl sites for hydroxylation is 1. The van der Waals surface area contributed by atoms with Crippen LogP contribution in [0, 0.1) is 6.92 Å². The molecule has 0 saturated carbocycles. The minimum atomic E-state index is -4.90. The van der Waals surface area contributed by atoms with Gasteiger partial charge in [-0.1, -0.05) is 6.07 Å². The Bertz CT molecular complexity index is 1040. The summed E-state index contributed by atoms with van der Waals surface area (Å²) in [4.78, 5) is 16.8. The van der Waals surface area contributed by atoms with Crippen LogP contribution in [0.25, 0.3) is 16.7 Å². The average Bonchev–Trinajstić information content (AvgIpc) is 2.82. The van der Waals surface area contributed by atoms with E-state index in [2.05, 4.69) is 10.1 Å². The van der Waals surface area contributed by atoms with E-state index < -0.39 is 28.7 Å². The van der Waals surface area contributed by atoms with Crippen molar-refractivity contribution in [1.29, 1.82) is 0 Å². The third-order valence-electron chi connectivity index (χ3n) is 3.28. The van der Waals surface area contributed by atoms with Gasteiger partial charge in [0.25, 0.3) is 5.56 Å². The smallest absolute Gasteiger partial charge is 0.302 e. The fraction of sp³-hybridized carbons (Fsp3) is 0.214. The number of rotatable bonds is 2. The zero-order valence-corrected chi connectivity index (χ0v) is 13.6. The van der Waals surface area contributed by atoms with Crippen LogP contribution in [-0.2, 0) is 6.18 Å². The number of aromatic amines is 1. The molecule has 0 radical (unpaired) electrons. The Balaban J connectivity index is 2.21. The Morgan fingerprint density at radius 1 is 1.15 bits per heavy atom. The number of hydrogen-bond donors (Lipinski definition) is 1. The van der Waals surface area contributed by atoms with Gasteiger partial charge in [-0.2, -0.15) is 31.4 Å². The van der Waals surface area contributed by atoms with E-state index in [9.17, 15) is 31.1 Å². The zero-order chi connectivity index (χ0) is 19.3. The summed E-state index contributed by atoms with van der Waals surface area (Å²) in [6.45, 7) is 1.39. The van der Waals surface area contributed by atoms with E-state index in [1.165, 1.54) is 25.1 Å². The standard InChI is InChI=1S/C14H8F6N4OS/c1-6-9-10(21-12(13(15,16)17)22-11(9)25)24(23-6)7-3-2-4-8(5-7)26-14(18,19)20/h2-5H,1H3,(H,21,22,25). The van der Waals surface area contributed by atoms with E-state index in [-0.39, 0.29) is 33.4 Å². The second-order valence-corrected chi connectivity index (χ2v) is 6.29. The van der Waals surface area contributed by atoms with E-state index in [1.807, 2.05) is 0 Å². The van der Waals surface area contributed by atoms with Gasteiger partial charge in [-0.15, -0.1) is 0 Å². The Morgan fingerprint density at radius 3 is 2.46 bits per heavy atom. The number of fused-ring (bicyclic) bond motifs is 1. The molecule has 1 aromatic carbocycles. The predicted molar refractivity (Wildman–Crippen MR) is 81.1 cm³/mol. The number of hydrogen-bond acceptors (Lipinski definition) is 4. The Hall–Kier alpha value is -2.50. The highest BCUT2D eigenvalue weighted by Crippen LogP contribution is 2.37. The van der Waals surface area contributed by atoms with Crippen molar-refractivity contribution in [2.24, 2.45) is 0 Å². The van der Waals surface area contributed by atoms with Gasteiger partial charge in [-0.3, -0.25) is 4.79 Å². The summed E-state index contributed by atoms with van der Waals surface area (Å²) >= 11 is -0.377. The maximum absolute atomic E-state index is 12.9. The summed E-state index contributed by atoms with van der Waals surface area (Å²) in [5, 5.41) is 3.78. The molecular formula is C14H8F6N4OS. The topological polar surface area (TPSA) is 63.6 Å². The molecule has 0 aliphatic carbocycles. The molecule has 12 heteroatoms. The molecule has 0 amide bonds. The van der Waals surface area contributed by atoms with Crippen molar-refractivity contribution in [2.75, 3.05) is 0 Å². The average molecular weight is 394 g/mol. The first kappa shape index (κ1) is 18.3. The first-order chi connectivity index (χ1) is 12.0. The molecule has 3 rings (SSSR count). The van der Waals surface area contributed by atoms with Crippen LogP contribution in [-0.4, -0.2) is 25.3 Å². The van der Waals surface area contributed by atoms with Gasteiger partial charge in [-0.05, 0) is 36.9 Å². The highest BCUT2D eigenvalue weighted by molar-refractivity contribution is 8.00. The molecule has 0 fully saturated rings. The van der Waals surface area contributed by atoms with E-state index in [0.717, 1.165) is 10.7 Å². The quantitative estimate of drug-likeness (QED) is 0.526. The van der Waals surface area contributed by atoms with Crippen LogP contribution in [0.1, 0.15) is 11.5 Å². The number of benzene rings is 1. The largest absolute Gasteiger partial charge is 0.449 e. The molecule has 5 nitrogen and oxygen atoms in total. The molecule has 0 saturated heterocycles. The molecule has 2 heterocycles. The zero-order valence-electron chi connectivity index (χ0n) is 12.7. The van der Waals surface area contributed by atoms with Crippen LogP contribution >= 0.6 is 11.8 Å². The van der Waals surface area contributed by atoms with Crippen LogP contribution in [0.5, 0.6) is 0 Å². The molecule has 0 spiro atoms. The van der Waals surface area contributed by atoms with Crippen molar-refractivity contribution in [3.63, 3.8) is 0 Å². The number of nitrogens with zero attached hydrogens (tertiary/aromatic N) is 3. The number of thioether (sulfide) groups is 1. The minimum absolute atomic E-state index is 0.0450. The molecule has 0 atom stereocenters. The SMILES string of the molecule is Cc1nn(-c2cccc(SC(F)(F)F)c2)c2nc(C(F)(F)F)[nH]c(=O)c12. The summed E-state index contributed by atoms with van der Waals surface area (Å²) in [5.41, 5.74) is -5.82.